The van der Waals surface area contributed by atoms with Crippen molar-refractivity contribution in [3.8, 4) is 0 Å². The molecular formula is C19H23O6P. The lowest BCUT2D eigenvalue weighted by atomic mass is 10.2. The monoisotopic (exact) mass is 378 g/mol. The van der Waals surface area contributed by atoms with Gasteiger partial charge in [-0.3, -0.25) is 13.8 Å². The zero-order chi connectivity index (χ0) is 18.8. The van der Waals surface area contributed by atoms with E-state index in [0.717, 1.165) is 11.1 Å². The molecule has 2 aromatic carbocycles. The molecule has 0 bridgehead atoms. The summed E-state index contributed by atoms with van der Waals surface area (Å²) < 4.78 is 33.7. The van der Waals surface area contributed by atoms with E-state index in [-0.39, 0.29) is 19.1 Å². The van der Waals surface area contributed by atoms with Crippen molar-refractivity contribution in [1.29, 1.82) is 0 Å². The summed E-state index contributed by atoms with van der Waals surface area (Å²) in [5.74, 6) is -0.767. The van der Waals surface area contributed by atoms with Gasteiger partial charge in [-0.1, -0.05) is 74.5 Å². The molecule has 140 valence electrons. The third kappa shape index (κ3) is 7.10. The van der Waals surface area contributed by atoms with Crippen molar-refractivity contribution in [2.24, 2.45) is 5.92 Å². The Hall–Kier alpha value is -1.98. The molecule has 0 aliphatic heterocycles. The first-order valence-corrected chi connectivity index (χ1v) is 9.73. The van der Waals surface area contributed by atoms with Crippen molar-refractivity contribution >= 4 is 13.8 Å². The molecule has 0 amide bonds. The molecule has 0 heterocycles. The molecule has 6 nitrogen and oxygen atoms in total. The van der Waals surface area contributed by atoms with Crippen LogP contribution in [0.2, 0.25) is 0 Å². The molecule has 0 fully saturated rings. The Morgan fingerprint density at radius 2 is 1.31 bits per heavy atom. The van der Waals surface area contributed by atoms with Crippen LogP contribution in [-0.4, -0.2) is 12.8 Å². The van der Waals surface area contributed by atoms with E-state index in [1.165, 1.54) is 0 Å². The van der Waals surface area contributed by atoms with E-state index < -0.39 is 20.6 Å². The maximum atomic E-state index is 12.9. The first kappa shape index (κ1) is 20.3. The van der Waals surface area contributed by atoms with Gasteiger partial charge >= 0.3 is 13.8 Å². The van der Waals surface area contributed by atoms with Crippen molar-refractivity contribution in [3.63, 3.8) is 0 Å². The summed E-state index contributed by atoms with van der Waals surface area (Å²) in [4.78, 5) is 11.5. The first-order valence-electron chi connectivity index (χ1n) is 8.27. The van der Waals surface area contributed by atoms with Crippen molar-refractivity contribution < 1.29 is 27.7 Å². The highest BCUT2D eigenvalue weighted by atomic mass is 31.2. The smallest absolute Gasteiger partial charge is 0.438 e. The van der Waals surface area contributed by atoms with Crippen molar-refractivity contribution in [2.45, 2.75) is 27.1 Å². The van der Waals surface area contributed by atoms with Gasteiger partial charge in [0.25, 0.3) is 0 Å². The predicted octanol–water partition coefficient (Wildman–Crippen LogP) is 4.70. The Balaban J connectivity index is 1.96. The third-order valence-corrected chi connectivity index (χ3v) is 4.66. The van der Waals surface area contributed by atoms with Crippen LogP contribution in [0, 0.1) is 5.92 Å². The quantitative estimate of drug-likeness (QED) is 0.339. The average Bonchev–Trinajstić information content (AvgIpc) is 2.66. The molecule has 0 unspecified atom stereocenters. The SMILES string of the molecule is CC(C)C(=O)OCOP(=O)(OCc1ccccc1)OCc1ccccc1. The van der Waals surface area contributed by atoms with Crippen molar-refractivity contribution in [1.82, 2.24) is 0 Å². The summed E-state index contributed by atoms with van der Waals surface area (Å²) in [6, 6.07) is 18.5. The molecule has 2 rings (SSSR count). The van der Waals surface area contributed by atoms with Crippen LogP contribution in [0.1, 0.15) is 25.0 Å². The van der Waals surface area contributed by atoms with Gasteiger partial charge in [0.2, 0.25) is 6.79 Å². The molecule has 0 aromatic heterocycles. The van der Waals surface area contributed by atoms with Crippen molar-refractivity contribution in [2.75, 3.05) is 6.79 Å². The summed E-state index contributed by atoms with van der Waals surface area (Å²) in [6.45, 7) is 2.98. The van der Waals surface area contributed by atoms with Crippen LogP contribution in [0.5, 0.6) is 0 Å². The van der Waals surface area contributed by atoms with Gasteiger partial charge in [0.15, 0.2) is 0 Å². The number of phosphoric acid groups is 1. The normalized spacial score (nSPS) is 11.5. The number of carbonyl (C=O) groups excluding carboxylic acids is 1. The second-order valence-electron chi connectivity index (χ2n) is 5.83. The molecule has 0 spiro atoms. The Morgan fingerprint density at radius 3 is 1.73 bits per heavy atom. The van der Waals surface area contributed by atoms with Gasteiger partial charge in [-0.25, -0.2) is 9.09 Å². The number of hydrogen-bond donors (Lipinski definition) is 0. The highest BCUT2D eigenvalue weighted by Crippen LogP contribution is 2.50. The number of phosphoric ester groups is 1. The lowest BCUT2D eigenvalue weighted by molar-refractivity contribution is -0.155. The minimum Gasteiger partial charge on any atom is -0.438 e. The van der Waals surface area contributed by atoms with E-state index >= 15 is 0 Å². The van der Waals surface area contributed by atoms with Crippen molar-refractivity contribution in [3.05, 3.63) is 71.8 Å². The van der Waals surface area contributed by atoms with E-state index in [9.17, 15) is 9.36 Å². The molecule has 26 heavy (non-hydrogen) atoms. The molecule has 0 saturated carbocycles. The van der Waals surface area contributed by atoms with Crippen LogP contribution in [0.4, 0.5) is 0 Å². The second kappa shape index (κ2) is 10.2. The zero-order valence-corrected chi connectivity index (χ0v) is 15.8. The Bertz CT molecular complexity index is 670. The van der Waals surface area contributed by atoms with Crippen LogP contribution in [0.15, 0.2) is 60.7 Å². The topological polar surface area (TPSA) is 71.1 Å². The molecule has 2 aromatic rings. The largest absolute Gasteiger partial charge is 0.478 e. The van der Waals surface area contributed by atoms with E-state index in [1.807, 2.05) is 60.7 Å². The highest BCUT2D eigenvalue weighted by Gasteiger charge is 2.28. The summed E-state index contributed by atoms with van der Waals surface area (Å²) in [5, 5.41) is 0. The minimum absolute atomic E-state index is 0.0467. The predicted molar refractivity (Wildman–Crippen MR) is 97.0 cm³/mol. The molecule has 0 saturated heterocycles. The second-order valence-corrected chi connectivity index (χ2v) is 7.50. The summed E-state index contributed by atoms with van der Waals surface area (Å²) in [5.41, 5.74) is 1.64. The van der Waals surface area contributed by atoms with E-state index in [2.05, 4.69) is 0 Å². The standard InChI is InChI=1S/C19H23O6P/c1-16(2)19(20)22-15-25-26(21,23-13-17-9-5-3-6-10-17)24-14-18-11-7-4-8-12-18/h3-12,16H,13-15H2,1-2H3. The van der Waals surface area contributed by atoms with Gasteiger partial charge in [-0.2, -0.15) is 0 Å². The van der Waals surface area contributed by atoms with Crippen LogP contribution >= 0.6 is 7.82 Å². The Kier molecular flexibility index (Phi) is 8.01. The van der Waals surface area contributed by atoms with Crippen LogP contribution < -0.4 is 0 Å². The maximum Gasteiger partial charge on any atom is 0.478 e. The number of carbonyl (C=O) groups is 1. The van der Waals surface area contributed by atoms with Gasteiger partial charge in [0.05, 0.1) is 19.1 Å². The van der Waals surface area contributed by atoms with Gasteiger partial charge < -0.3 is 4.74 Å². The fourth-order valence-corrected chi connectivity index (χ4v) is 2.90. The van der Waals surface area contributed by atoms with E-state index in [1.54, 1.807) is 13.8 Å². The highest BCUT2D eigenvalue weighted by molar-refractivity contribution is 7.48. The number of hydrogen-bond acceptors (Lipinski definition) is 6. The summed E-state index contributed by atoms with van der Waals surface area (Å²) in [6.07, 6.45) is 0. The maximum absolute atomic E-state index is 12.9. The zero-order valence-electron chi connectivity index (χ0n) is 14.9. The van der Waals surface area contributed by atoms with Gasteiger partial charge in [-0.05, 0) is 11.1 Å². The molecule has 0 radical (unpaired) electrons. The van der Waals surface area contributed by atoms with E-state index in [4.69, 9.17) is 18.3 Å². The average molecular weight is 378 g/mol. The lowest BCUT2D eigenvalue weighted by Gasteiger charge is -2.18. The van der Waals surface area contributed by atoms with Crippen LogP contribution in [-0.2, 0) is 40.9 Å². The summed E-state index contributed by atoms with van der Waals surface area (Å²) in [7, 11) is -3.91. The van der Waals surface area contributed by atoms with Crippen LogP contribution in [0.25, 0.3) is 0 Å². The van der Waals surface area contributed by atoms with Gasteiger partial charge in [-0.15, -0.1) is 0 Å². The van der Waals surface area contributed by atoms with E-state index in [0.29, 0.717) is 0 Å². The number of ether oxygens (including phenoxy) is 1. The molecule has 7 heteroatoms. The minimum atomic E-state index is -3.91. The van der Waals surface area contributed by atoms with Crippen LogP contribution in [0.3, 0.4) is 0 Å². The first-order chi connectivity index (χ1) is 12.5. The number of rotatable bonds is 10. The molecule has 0 aliphatic carbocycles. The van der Waals surface area contributed by atoms with Gasteiger partial charge in [0.1, 0.15) is 0 Å². The lowest BCUT2D eigenvalue weighted by Crippen LogP contribution is -2.14. The third-order valence-electron chi connectivity index (χ3n) is 3.35. The summed E-state index contributed by atoms with van der Waals surface area (Å²) >= 11 is 0. The number of benzene rings is 2. The Morgan fingerprint density at radius 1 is 0.846 bits per heavy atom. The molecular weight excluding hydrogens is 355 g/mol. The Labute approximate surface area is 153 Å². The number of esters is 1. The molecule has 0 aliphatic rings. The fourth-order valence-electron chi connectivity index (χ4n) is 1.88. The molecule has 0 N–H and O–H groups in total. The molecule has 0 atom stereocenters. The fraction of sp³-hybridized carbons (Fsp3) is 0.316. The van der Waals surface area contributed by atoms with Gasteiger partial charge in [0, 0.05) is 0 Å².